The molecule has 6 heteroatoms. The molecule has 0 aliphatic carbocycles. The first kappa shape index (κ1) is 52.1. The lowest BCUT2D eigenvalue weighted by Crippen LogP contribution is -2.46. The van der Waals surface area contributed by atoms with Crippen LogP contribution < -0.4 is 5.32 Å². The van der Waals surface area contributed by atoms with Crippen molar-refractivity contribution in [2.45, 2.75) is 251 Å². The van der Waals surface area contributed by atoms with E-state index in [0.29, 0.717) is 19.3 Å². The number of carbonyl (C=O) groups excluding carboxylic acids is 2. The summed E-state index contributed by atoms with van der Waals surface area (Å²) in [5.74, 6) is -0.490. The minimum atomic E-state index is -0.788. The lowest BCUT2D eigenvalue weighted by atomic mass is 10.0. The van der Waals surface area contributed by atoms with Crippen molar-refractivity contribution in [3.63, 3.8) is 0 Å². The van der Waals surface area contributed by atoms with Crippen LogP contribution in [0.1, 0.15) is 233 Å². The predicted molar refractivity (Wildman–Crippen MR) is 232 cm³/mol. The number of ether oxygens (including phenoxy) is 1. The van der Waals surface area contributed by atoms with Crippen LogP contribution in [0.3, 0.4) is 0 Å². The summed E-state index contributed by atoms with van der Waals surface area (Å²) in [4.78, 5) is 26.0. The zero-order valence-electron chi connectivity index (χ0n) is 35.9. The summed E-state index contributed by atoms with van der Waals surface area (Å²) in [5, 5.41) is 23.6. The fraction of sp³-hybridized carbons (Fsp3) is 0.833. The number of aliphatic hydroxyl groups is 2. The molecule has 316 valence electrons. The van der Waals surface area contributed by atoms with Crippen LogP contribution in [0.25, 0.3) is 0 Å². The second-order valence-corrected chi connectivity index (χ2v) is 15.8. The maximum Gasteiger partial charge on any atom is 0.306 e. The minimum absolute atomic E-state index is 0.0668. The fourth-order valence-corrected chi connectivity index (χ4v) is 7.02. The number of amides is 1. The van der Waals surface area contributed by atoms with Crippen molar-refractivity contribution in [1.82, 2.24) is 5.32 Å². The average molecular weight is 760 g/mol. The molecule has 1 amide bonds. The van der Waals surface area contributed by atoms with E-state index < -0.39 is 18.2 Å². The molecule has 54 heavy (non-hydrogen) atoms. The minimum Gasteiger partial charge on any atom is -0.462 e. The Morgan fingerprint density at radius 1 is 0.556 bits per heavy atom. The van der Waals surface area contributed by atoms with Gasteiger partial charge in [0.05, 0.1) is 25.2 Å². The average Bonchev–Trinajstić information content (AvgIpc) is 3.16. The summed E-state index contributed by atoms with van der Waals surface area (Å²) in [6, 6.07) is -0.703. The van der Waals surface area contributed by atoms with Gasteiger partial charge in [0.1, 0.15) is 6.10 Å². The number of allylic oxidation sites excluding steroid dienone is 6. The molecule has 0 saturated heterocycles. The Morgan fingerprint density at radius 3 is 1.50 bits per heavy atom. The van der Waals surface area contributed by atoms with Crippen molar-refractivity contribution in [2.75, 3.05) is 6.61 Å². The molecule has 0 aliphatic rings. The highest BCUT2D eigenvalue weighted by atomic mass is 16.5. The van der Waals surface area contributed by atoms with Gasteiger partial charge in [-0.3, -0.25) is 9.59 Å². The summed E-state index contributed by atoms with van der Waals surface area (Å²) in [6.45, 7) is 6.32. The van der Waals surface area contributed by atoms with Crippen molar-refractivity contribution in [3.05, 3.63) is 36.5 Å². The molecule has 0 aliphatic heterocycles. The zero-order valence-corrected chi connectivity index (χ0v) is 35.9. The smallest absolute Gasteiger partial charge is 0.306 e. The number of unbranched alkanes of at least 4 members (excludes halogenated alkanes) is 25. The van der Waals surface area contributed by atoms with E-state index in [1.54, 1.807) is 0 Å². The summed E-state index contributed by atoms with van der Waals surface area (Å²) >= 11 is 0. The van der Waals surface area contributed by atoms with Gasteiger partial charge in [-0.2, -0.15) is 0 Å². The molecule has 0 heterocycles. The Labute approximate surface area is 334 Å². The first-order chi connectivity index (χ1) is 26.5. The van der Waals surface area contributed by atoms with Crippen molar-refractivity contribution in [1.29, 1.82) is 0 Å². The van der Waals surface area contributed by atoms with Gasteiger partial charge in [0.15, 0.2) is 0 Å². The number of nitrogens with one attached hydrogen (secondary N) is 1. The number of aliphatic hydroxyl groups excluding tert-OH is 2. The van der Waals surface area contributed by atoms with Crippen LogP contribution in [0.4, 0.5) is 0 Å². The van der Waals surface area contributed by atoms with Crippen LogP contribution >= 0.6 is 0 Å². The van der Waals surface area contributed by atoms with Gasteiger partial charge < -0.3 is 20.3 Å². The molecule has 3 unspecified atom stereocenters. The normalized spacial score (nSPS) is 13.6. The fourth-order valence-electron chi connectivity index (χ4n) is 7.02. The number of rotatable bonds is 41. The zero-order chi connectivity index (χ0) is 39.6. The molecule has 0 spiro atoms. The van der Waals surface area contributed by atoms with Gasteiger partial charge in [0.2, 0.25) is 5.91 Å². The SMILES string of the molecule is CC/C=C/C=C/C=C/CCCCCCCC(CC(=O)NC(CO)C(O)CCCCCCCCCCC)OC(=O)CCCCCCCCCCCCCCC. The van der Waals surface area contributed by atoms with Gasteiger partial charge in [0, 0.05) is 6.42 Å². The molecule has 6 nitrogen and oxygen atoms in total. The Bertz CT molecular complexity index is 900. The summed E-state index contributed by atoms with van der Waals surface area (Å²) < 4.78 is 5.90. The van der Waals surface area contributed by atoms with Crippen LogP contribution in [0.5, 0.6) is 0 Å². The molecule has 0 aromatic rings. The summed E-state index contributed by atoms with van der Waals surface area (Å²) in [5.41, 5.74) is 0. The van der Waals surface area contributed by atoms with Crippen LogP contribution in [0, 0.1) is 0 Å². The molecular weight excluding hydrogens is 671 g/mol. The van der Waals surface area contributed by atoms with Crippen molar-refractivity contribution < 1.29 is 24.5 Å². The number of esters is 1. The lowest BCUT2D eigenvalue weighted by Gasteiger charge is -2.24. The molecule has 3 atom stereocenters. The third-order valence-corrected chi connectivity index (χ3v) is 10.5. The molecule has 0 radical (unpaired) electrons. The third-order valence-electron chi connectivity index (χ3n) is 10.5. The molecule has 0 rings (SSSR count). The van der Waals surface area contributed by atoms with E-state index in [9.17, 15) is 19.8 Å². The first-order valence-electron chi connectivity index (χ1n) is 23.2. The molecule has 0 bridgehead atoms. The standard InChI is InChI=1S/C48H89NO5/c1-4-7-10-13-16-19-21-23-25-28-30-33-36-39-44(54-48(53)41-38-35-32-29-26-24-22-20-17-14-11-8-5-2)42-47(52)49-45(43-50)46(51)40-37-34-31-27-18-15-12-9-6-3/h7,10,13,16,19,21,44-46,50-51H,4-6,8-9,11-12,14-15,17-18,20,22-43H2,1-3H3,(H,49,52)/b10-7+,16-13+,21-19+. The van der Waals surface area contributed by atoms with E-state index in [0.717, 1.165) is 83.5 Å². The second-order valence-electron chi connectivity index (χ2n) is 15.8. The van der Waals surface area contributed by atoms with Crippen LogP contribution in [-0.4, -0.2) is 46.9 Å². The largest absolute Gasteiger partial charge is 0.462 e. The van der Waals surface area contributed by atoms with Crippen molar-refractivity contribution >= 4 is 11.9 Å². The van der Waals surface area contributed by atoms with E-state index in [2.05, 4.69) is 62.5 Å². The van der Waals surface area contributed by atoms with Gasteiger partial charge in [-0.15, -0.1) is 0 Å². The third kappa shape index (κ3) is 37.0. The van der Waals surface area contributed by atoms with Crippen LogP contribution in [-0.2, 0) is 14.3 Å². The number of carbonyl (C=O) groups is 2. The van der Waals surface area contributed by atoms with Crippen molar-refractivity contribution in [2.24, 2.45) is 0 Å². The first-order valence-corrected chi connectivity index (χ1v) is 23.2. The molecule has 0 fully saturated rings. The van der Waals surface area contributed by atoms with E-state index in [-0.39, 0.29) is 24.9 Å². The molecule has 0 aromatic heterocycles. The quantitative estimate of drug-likeness (QED) is 0.0328. The Hall–Kier alpha value is -1.92. The highest BCUT2D eigenvalue weighted by Crippen LogP contribution is 2.18. The number of hydrogen-bond acceptors (Lipinski definition) is 5. The van der Waals surface area contributed by atoms with Gasteiger partial charge in [0.25, 0.3) is 0 Å². The predicted octanol–water partition coefficient (Wildman–Crippen LogP) is 13.3. The number of hydrogen-bond donors (Lipinski definition) is 3. The van der Waals surface area contributed by atoms with Gasteiger partial charge in [-0.25, -0.2) is 0 Å². The molecular formula is C48H89NO5. The molecule has 0 aromatic carbocycles. The van der Waals surface area contributed by atoms with Crippen molar-refractivity contribution in [3.8, 4) is 0 Å². The monoisotopic (exact) mass is 760 g/mol. The Balaban J connectivity index is 4.61. The van der Waals surface area contributed by atoms with Gasteiger partial charge in [-0.05, 0) is 44.9 Å². The van der Waals surface area contributed by atoms with E-state index in [1.807, 2.05) is 0 Å². The van der Waals surface area contributed by atoms with E-state index in [1.165, 1.54) is 103 Å². The van der Waals surface area contributed by atoms with Gasteiger partial charge in [-0.1, -0.05) is 211 Å². The summed E-state index contributed by atoms with van der Waals surface area (Å²) in [7, 11) is 0. The highest BCUT2D eigenvalue weighted by Gasteiger charge is 2.24. The van der Waals surface area contributed by atoms with E-state index >= 15 is 0 Å². The van der Waals surface area contributed by atoms with Crippen LogP contribution in [0.2, 0.25) is 0 Å². The van der Waals surface area contributed by atoms with E-state index in [4.69, 9.17) is 4.74 Å². The maximum atomic E-state index is 13.1. The Morgan fingerprint density at radius 2 is 1.00 bits per heavy atom. The highest BCUT2D eigenvalue weighted by molar-refractivity contribution is 5.77. The maximum absolute atomic E-state index is 13.1. The lowest BCUT2D eigenvalue weighted by molar-refractivity contribution is -0.151. The Kier molecular flexibility index (Phi) is 40.7. The van der Waals surface area contributed by atoms with Gasteiger partial charge >= 0.3 is 5.97 Å². The summed E-state index contributed by atoms with van der Waals surface area (Å²) in [6.07, 6.45) is 47.7. The topological polar surface area (TPSA) is 95.9 Å². The van der Waals surface area contributed by atoms with Crippen LogP contribution in [0.15, 0.2) is 36.5 Å². The molecule has 3 N–H and O–H groups in total. The second kappa shape index (κ2) is 42.2. The molecule has 0 saturated carbocycles.